The standard InChI is InChI=1S/C18H16N2O2S.C3H6O2/c1-19-18-20-15(16(23-18)17(21)22-2)14-10-8-13(9-11-14)12-6-4-3-5-7-12;1-3(4)5-2/h3-11H,1-2H3,(H,19,20);1-2H3. The molecule has 2 aromatic carbocycles. The first-order chi connectivity index (χ1) is 13.5. The summed E-state index contributed by atoms with van der Waals surface area (Å²) in [5.74, 6) is -0.615. The Hall–Kier alpha value is -3.19. The van der Waals surface area contributed by atoms with Gasteiger partial charge in [0.15, 0.2) is 5.13 Å². The minimum Gasteiger partial charge on any atom is -0.469 e. The van der Waals surface area contributed by atoms with Crippen LogP contribution in [0.1, 0.15) is 16.6 Å². The van der Waals surface area contributed by atoms with E-state index in [9.17, 15) is 9.59 Å². The Kier molecular flexibility index (Phi) is 7.71. The topological polar surface area (TPSA) is 77.5 Å². The van der Waals surface area contributed by atoms with Gasteiger partial charge in [0.05, 0.1) is 19.9 Å². The van der Waals surface area contributed by atoms with Crippen LogP contribution in [0.4, 0.5) is 5.13 Å². The molecule has 0 radical (unpaired) electrons. The van der Waals surface area contributed by atoms with E-state index >= 15 is 0 Å². The van der Waals surface area contributed by atoms with E-state index in [1.165, 1.54) is 32.5 Å². The highest BCUT2D eigenvalue weighted by Crippen LogP contribution is 2.32. The number of nitrogens with one attached hydrogen (secondary N) is 1. The molecule has 0 unspecified atom stereocenters. The van der Waals surface area contributed by atoms with Gasteiger partial charge in [-0.3, -0.25) is 4.79 Å². The maximum Gasteiger partial charge on any atom is 0.350 e. The number of rotatable bonds is 4. The fourth-order valence-corrected chi connectivity index (χ4v) is 3.16. The van der Waals surface area contributed by atoms with E-state index in [4.69, 9.17) is 4.74 Å². The molecule has 0 saturated heterocycles. The number of thiazole rings is 1. The molecule has 3 aromatic rings. The maximum absolute atomic E-state index is 11.9. The molecule has 1 N–H and O–H groups in total. The van der Waals surface area contributed by atoms with E-state index in [2.05, 4.69) is 27.2 Å². The second kappa shape index (κ2) is 10.2. The fourth-order valence-electron chi connectivity index (χ4n) is 2.30. The Morgan fingerprint density at radius 3 is 1.93 bits per heavy atom. The lowest BCUT2D eigenvalue weighted by atomic mass is 10.0. The van der Waals surface area contributed by atoms with Crippen molar-refractivity contribution in [2.45, 2.75) is 6.92 Å². The third-order valence-electron chi connectivity index (χ3n) is 3.76. The number of hydrogen-bond acceptors (Lipinski definition) is 7. The fraction of sp³-hybridized carbons (Fsp3) is 0.190. The Labute approximate surface area is 168 Å². The number of methoxy groups -OCH3 is 2. The normalized spacial score (nSPS) is 9.71. The lowest BCUT2D eigenvalue weighted by Gasteiger charge is -2.04. The number of anilines is 1. The van der Waals surface area contributed by atoms with Crippen molar-refractivity contribution in [3.63, 3.8) is 0 Å². The molecule has 0 atom stereocenters. The summed E-state index contributed by atoms with van der Waals surface area (Å²) >= 11 is 1.29. The third kappa shape index (κ3) is 5.40. The van der Waals surface area contributed by atoms with Crippen molar-refractivity contribution in [2.75, 3.05) is 26.6 Å². The Morgan fingerprint density at radius 1 is 0.893 bits per heavy atom. The van der Waals surface area contributed by atoms with Gasteiger partial charge in [-0.2, -0.15) is 0 Å². The highest BCUT2D eigenvalue weighted by Gasteiger charge is 2.19. The number of carbonyl (C=O) groups is 2. The van der Waals surface area contributed by atoms with E-state index in [-0.39, 0.29) is 11.9 Å². The SMILES string of the molecule is CNc1nc(-c2ccc(-c3ccccc3)cc2)c(C(=O)OC)s1.COC(C)=O. The largest absolute Gasteiger partial charge is 0.469 e. The van der Waals surface area contributed by atoms with Gasteiger partial charge in [-0.25, -0.2) is 9.78 Å². The molecule has 0 amide bonds. The molecule has 0 aliphatic rings. The minimum absolute atomic E-state index is 0.245. The number of nitrogens with zero attached hydrogens (tertiary/aromatic N) is 1. The van der Waals surface area contributed by atoms with Gasteiger partial charge in [-0.05, 0) is 11.1 Å². The molecule has 146 valence electrons. The van der Waals surface area contributed by atoms with Crippen LogP contribution in [0.3, 0.4) is 0 Å². The molecule has 28 heavy (non-hydrogen) atoms. The van der Waals surface area contributed by atoms with Crippen molar-refractivity contribution >= 4 is 28.4 Å². The van der Waals surface area contributed by atoms with Crippen molar-refractivity contribution in [1.82, 2.24) is 4.98 Å². The molecule has 3 rings (SSSR count). The van der Waals surface area contributed by atoms with Gasteiger partial charge in [0.2, 0.25) is 0 Å². The minimum atomic E-state index is -0.369. The predicted molar refractivity (Wildman–Crippen MR) is 112 cm³/mol. The number of esters is 2. The van der Waals surface area contributed by atoms with Crippen molar-refractivity contribution in [2.24, 2.45) is 0 Å². The average molecular weight is 398 g/mol. The van der Waals surface area contributed by atoms with Crippen LogP contribution in [0, 0.1) is 0 Å². The Morgan fingerprint density at radius 2 is 1.43 bits per heavy atom. The molecule has 0 saturated carbocycles. The van der Waals surface area contributed by atoms with Crippen LogP contribution in [0.25, 0.3) is 22.4 Å². The van der Waals surface area contributed by atoms with Gasteiger partial charge in [0.25, 0.3) is 0 Å². The van der Waals surface area contributed by atoms with Crippen LogP contribution in [0.15, 0.2) is 54.6 Å². The third-order valence-corrected chi connectivity index (χ3v) is 4.82. The zero-order valence-corrected chi connectivity index (χ0v) is 17.0. The quantitative estimate of drug-likeness (QED) is 0.653. The molecule has 0 bridgehead atoms. The Balaban J connectivity index is 0.000000500. The Bertz CT molecular complexity index is 921. The van der Waals surface area contributed by atoms with Crippen molar-refractivity contribution in [3.8, 4) is 22.4 Å². The summed E-state index contributed by atoms with van der Waals surface area (Å²) in [6.45, 7) is 1.36. The van der Waals surface area contributed by atoms with Crippen molar-refractivity contribution < 1.29 is 19.1 Å². The van der Waals surface area contributed by atoms with Crippen LogP contribution in [-0.4, -0.2) is 38.2 Å². The van der Waals surface area contributed by atoms with E-state index in [0.717, 1.165) is 16.7 Å². The number of ether oxygens (including phenoxy) is 2. The highest BCUT2D eigenvalue weighted by atomic mass is 32.1. The van der Waals surface area contributed by atoms with E-state index in [1.54, 1.807) is 7.05 Å². The van der Waals surface area contributed by atoms with Crippen LogP contribution < -0.4 is 5.32 Å². The monoisotopic (exact) mass is 398 g/mol. The van der Waals surface area contributed by atoms with Crippen LogP contribution in [-0.2, 0) is 14.3 Å². The average Bonchev–Trinajstić information content (AvgIpc) is 3.19. The molecule has 1 heterocycles. The summed E-state index contributed by atoms with van der Waals surface area (Å²) in [4.78, 5) is 26.5. The van der Waals surface area contributed by atoms with Gasteiger partial charge in [0, 0.05) is 19.5 Å². The van der Waals surface area contributed by atoms with Gasteiger partial charge < -0.3 is 14.8 Å². The summed E-state index contributed by atoms with van der Waals surface area (Å²) in [6, 6.07) is 18.2. The molecule has 0 fully saturated rings. The highest BCUT2D eigenvalue weighted by molar-refractivity contribution is 7.17. The van der Waals surface area contributed by atoms with Crippen LogP contribution in [0.5, 0.6) is 0 Å². The molecule has 0 aliphatic heterocycles. The maximum atomic E-state index is 11.9. The number of benzene rings is 2. The first-order valence-corrected chi connectivity index (χ1v) is 9.29. The molecular formula is C21H22N2O4S. The summed E-state index contributed by atoms with van der Waals surface area (Å²) in [5.41, 5.74) is 3.81. The summed E-state index contributed by atoms with van der Waals surface area (Å²) in [7, 11) is 4.51. The lowest BCUT2D eigenvalue weighted by Crippen LogP contribution is -2.00. The van der Waals surface area contributed by atoms with Crippen LogP contribution in [0.2, 0.25) is 0 Å². The molecule has 0 spiro atoms. The summed E-state index contributed by atoms with van der Waals surface area (Å²) in [6.07, 6.45) is 0. The summed E-state index contributed by atoms with van der Waals surface area (Å²) in [5, 5.41) is 3.66. The number of carbonyl (C=O) groups excluding carboxylic acids is 2. The molecular weight excluding hydrogens is 376 g/mol. The summed E-state index contributed by atoms with van der Waals surface area (Å²) < 4.78 is 8.96. The lowest BCUT2D eigenvalue weighted by molar-refractivity contribution is -0.137. The molecule has 1 aromatic heterocycles. The second-order valence-electron chi connectivity index (χ2n) is 5.58. The molecule has 7 heteroatoms. The first-order valence-electron chi connectivity index (χ1n) is 8.47. The van der Waals surface area contributed by atoms with Crippen LogP contribution >= 0.6 is 11.3 Å². The molecule has 0 aliphatic carbocycles. The second-order valence-corrected chi connectivity index (χ2v) is 6.58. The smallest absolute Gasteiger partial charge is 0.350 e. The van der Waals surface area contributed by atoms with Crippen molar-refractivity contribution in [1.29, 1.82) is 0 Å². The van der Waals surface area contributed by atoms with Gasteiger partial charge in [-0.15, -0.1) is 0 Å². The zero-order valence-electron chi connectivity index (χ0n) is 16.2. The zero-order chi connectivity index (χ0) is 20.5. The van der Waals surface area contributed by atoms with Gasteiger partial charge >= 0.3 is 11.9 Å². The van der Waals surface area contributed by atoms with E-state index < -0.39 is 0 Å². The first kappa shape index (κ1) is 21.1. The van der Waals surface area contributed by atoms with E-state index in [1.807, 2.05) is 42.5 Å². The van der Waals surface area contributed by atoms with Crippen molar-refractivity contribution in [3.05, 3.63) is 59.5 Å². The number of hydrogen-bond donors (Lipinski definition) is 1. The number of aromatic nitrogens is 1. The molecule has 6 nitrogen and oxygen atoms in total. The van der Waals surface area contributed by atoms with Gasteiger partial charge in [0.1, 0.15) is 4.88 Å². The van der Waals surface area contributed by atoms with E-state index in [0.29, 0.717) is 15.7 Å². The van der Waals surface area contributed by atoms with Gasteiger partial charge in [-0.1, -0.05) is 65.9 Å². The predicted octanol–water partition coefficient (Wildman–Crippen LogP) is 4.48.